The first-order valence-corrected chi connectivity index (χ1v) is 6.65. The van der Waals surface area contributed by atoms with Crippen molar-refractivity contribution in [1.29, 1.82) is 0 Å². The summed E-state index contributed by atoms with van der Waals surface area (Å²) < 4.78 is 12.9. The highest BCUT2D eigenvalue weighted by Gasteiger charge is 2.52. The molecule has 17 heavy (non-hydrogen) atoms. The lowest BCUT2D eigenvalue weighted by molar-refractivity contribution is 0.00578. The van der Waals surface area contributed by atoms with E-state index < -0.39 is 7.12 Å². The van der Waals surface area contributed by atoms with Gasteiger partial charge in [-0.1, -0.05) is 0 Å². The van der Waals surface area contributed by atoms with E-state index in [1.54, 1.807) is 12.1 Å². The Morgan fingerprint density at radius 3 is 2.18 bits per heavy atom. The van der Waals surface area contributed by atoms with Crippen LogP contribution in [0.1, 0.15) is 27.7 Å². The standard InChI is InChI=1S/C12H16BIO3/c1-11(2)12(3,4)17-13(16-11)9-7-8(15)5-6-10(9)14/h5-7,15H,1-4H3. The highest BCUT2D eigenvalue weighted by Crippen LogP contribution is 2.36. The molecule has 1 fully saturated rings. The molecule has 3 nitrogen and oxygen atoms in total. The zero-order valence-electron chi connectivity index (χ0n) is 10.5. The van der Waals surface area contributed by atoms with Crippen molar-refractivity contribution in [3.63, 3.8) is 0 Å². The summed E-state index contributed by atoms with van der Waals surface area (Å²) in [6.07, 6.45) is 0. The second-order valence-corrected chi connectivity index (χ2v) is 6.46. The summed E-state index contributed by atoms with van der Waals surface area (Å²) in [6.45, 7) is 8.07. The lowest BCUT2D eigenvalue weighted by atomic mass is 9.79. The van der Waals surface area contributed by atoms with Gasteiger partial charge in [0, 0.05) is 3.57 Å². The smallest absolute Gasteiger partial charge is 0.496 e. The van der Waals surface area contributed by atoms with Crippen LogP contribution < -0.4 is 5.46 Å². The molecular formula is C12H16BIO3. The lowest BCUT2D eigenvalue weighted by Crippen LogP contribution is -2.41. The molecule has 1 heterocycles. The third-order valence-corrected chi connectivity index (χ3v) is 4.47. The van der Waals surface area contributed by atoms with Crippen molar-refractivity contribution in [3.8, 4) is 5.75 Å². The number of rotatable bonds is 1. The van der Waals surface area contributed by atoms with Gasteiger partial charge in [0.05, 0.1) is 11.2 Å². The topological polar surface area (TPSA) is 38.7 Å². The molecule has 0 aliphatic carbocycles. The third kappa shape index (κ3) is 2.32. The fourth-order valence-electron chi connectivity index (χ4n) is 1.68. The fourth-order valence-corrected chi connectivity index (χ4v) is 2.27. The summed E-state index contributed by atoms with van der Waals surface area (Å²) in [4.78, 5) is 0. The normalized spacial score (nSPS) is 21.8. The van der Waals surface area contributed by atoms with E-state index in [9.17, 15) is 5.11 Å². The van der Waals surface area contributed by atoms with Crippen molar-refractivity contribution in [1.82, 2.24) is 0 Å². The molecule has 0 radical (unpaired) electrons. The molecular weight excluding hydrogens is 330 g/mol. The van der Waals surface area contributed by atoms with Gasteiger partial charge in [0.2, 0.25) is 0 Å². The Labute approximate surface area is 116 Å². The largest absolute Gasteiger partial charge is 0.508 e. The van der Waals surface area contributed by atoms with Crippen molar-refractivity contribution >= 4 is 35.2 Å². The van der Waals surface area contributed by atoms with Crippen LogP contribution in [0.4, 0.5) is 0 Å². The maximum absolute atomic E-state index is 9.54. The Kier molecular flexibility index (Phi) is 3.21. The Morgan fingerprint density at radius 2 is 1.65 bits per heavy atom. The Morgan fingerprint density at radius 1 is 1.12 bits per heavy atom. The summed E-state index contributed by atoms with van der Waals surface area (Å²) in [5, 5.41) is 9.54. The zero-order chi connectivity index (χ0) is 12.8. The highest BCUT2D eigenvalue weighted by atomic mass is 127. The molecule has 1 aromatic carbocycles. The van der Waals surface area contributed by atoms with Crippen LogP contribution in [0.5, 0.6) is 5.75 Å². The molecule has 1 aromatic rings. The number of phenolic OH excluding ortho intramolecular Hbond substituents is 1. The van der Waals surface area contributed by atoms with Gasteiger partial charge in [0.1, 0.15) is 5.75 Å². The first-order valence-electron chi connectivity index (χ1n) is 5.57. The van der Waals surface area contributed by atoms with E-state index in [0.29, 0.717) is 0 Å². The second-order valence-electron chi connectivity index (χ2n) is 5.29. The van der Waals surface area contributed by atoms with Gasteiger partial charge < -0.3 is 14.4 Å². The summed E-state index contributed by atoms with van der Waals surface area (Å²) in [5.74, 6) is 0.232. The van der Waals surface area contributed by atoms with Gasteiger partial charge in [0.15, 0.2) is 0 Å². The number of hydrogen-bond donors (Lipinski definition) is 1. The summed E-state index contributed by atoms with van der Waals surface area (Å²) >= 11 is 2.22. The van der Waals surface area contributed by atoms with E-state index in [-0.39, 0.29) is 17.0 Å². The second kappa shape index (κ2) is 4.14. The molecule has 1 saturated heterocycles. The highest BCUT2D eigenvalue weighted by molar-refractivity contribution is 14.1. The van der Waals surface area contributed by atoms with Crippen molar-refractivity contribution in [2.24, 2.45) is 0 Å². The first kappa shape index (κ1) is 13.2. The van der Waals surface area contributed by atoms with E-state index in [4.69, 9.17) is 9.31 Å². The summed E-state index contributed by atoms with van der Waals surface area (Å²) in [6, 6.07) is 5.22. The average Bonchev–Trinajstić information content (AvgIpc) is 2.40. The van der Waals surface area contributed by atoms with Crippen LogP contribution in [0.15, 0.2) is 18.2 Å². The van der Waals surface area contributed by atoms with Gasteiger partial charge >= 0.3 is 7.12 Å². The molecule has 1 aliphatic rings. The maximum Gasteiger partial charge on any atom is 0.496 e. The molecule has 0 aromatic heterocycles. The molecule has 0 bridgehead atoms. The minimum atomic E-state index is -0.418. The van der Waals surface area contributed by atoms with Gasteiger partial charge in [0.25, 0.3) is 0 Å². The molecule has 0 saturated carbocycles. The predicted octanol–water partition coefficient (Wildman–Crippen LogP) is 2.30. The van der Waals surface area contributed by atoms with E-state index in [2.05, 4.69) is 22.6 Å². The van der Waals surface area contributed by atoms with Crippen molar-refractivity contribution in [2.45, 2.75) is 38.9 Å². The van der Waals surface area contributed by atoms with Crippen LogP contribution in [0.25, 0.3) is 0 Å². The minimum Gasteiger partial charge on any atom is -0.508 e. The average molecular weight is 346 g/mol. The third-order valence-electron chi connectivity index (χ3n) is 3.49. The van der Waals surface area contributed by atoms with Crippen LogP contribution in [-0.2, 0) is 9.31 Å². The quantitative estimate of drug-likeness (QED) is 0.627. The van der Waals surface area contributed by atoms with E-state index in [1.165, 1.54) is 0 Å². The Balaban J connectivity index is 2.35. The Hall–Kier alpha value is -0.265. The molecule has 0 amide bonds. The van der Waals surface area contributed by atoms with E-state index in [0.717, 1.165) is 9.03 Å². The van der Waals surface area contributed by atoms with Gasteiger partial charge in [-0.25, -0.2) is 0 Å². The molecule has 1 N–H and O–H groups in total. The molecule has 0 unspecified atom stereocenters. The summed E-state index contributed by atoms with van der Waals surface area (Å²) in [5.41, 5.74) is 0.169. The van der Waals surface area contributed by atoms with Gasteiger partial charge in [-0.05, 0) is 73.9 Å². The van der Waals surface area contributed by atoms with Gasteiger partial charge in [-0.15, -0.1) is 0 Å². The maximum atomic E-state index is 9.54. The minimum absolute atomic E-state index is 0.232. The molecule has 5 heteroatoms. The molecule has 0 spiro atoms. The number of aromatic hydroxyl groups is 1. The molecule has 1 aliphatic heterocycles. The first-order chi connectivity index (χ1) is 7.73. The number of phenols is 1. The van der Waals surface area contributed by atoms with Crippen LogP contribution in [0.2, 0.25) is 0 Å². The lowest BCUT2D eigenvalue weighted by Gasteiger charge is -2.32. The molecule has 0 atom stereocenters. The van der Waals surface area contributed by atoms with Crippen molar-refractivity contribution in [2.75, 3.05) is 0 Å². The zero-order valence-corrected chi connectivity index (χ0v) is 12.6. The number of halogens is 1. The Bertz CT molecular complexity index is 429. The van der Waals surface area contributed by atoms with E-state index >= 15 is 0 Å². The monoisotopic (exact) mass is 346 g/mol. The van der Waals surface area contributed by atoms with Crippen LogP contribution in [0, 0.1) is 3.57 Å². The van der Waals surface area contributed by atoms with Crippen LogP contribution >= 0.6 is 22.6 Å². The van der Waals surface area contributed by atoms with Crippen molar-refractivity contribution < 1.29 is 14.4 Å². The summed E-state index contributed by atoms with van der Waals surface area (Å²) in [7, 11) is -0.418. The van der Waals surface area contributed by atoms with Crippen LogP contribution in [-0.4, -0.2) is 23.4 Å². The predicted molar refractivity (Wildman–Crippen MR) is 76.5 cm³/mol. The van der Waals surface area contributed by atoms with Crippen LogP contribution in [0.3, 0.4) is 0 Å². The van der Waals surface area contributed by atoms with Crippen molar-refractivity contribution in [3.05, 3.63) is 21.8 Å². The number of benzene rings is 1. The number of hydrogen-bond acceptors (Lipinski definition) is 3. The van der Waals surface area contributed by atoms with Gasteiger partial charge in [-0.2, -0.15) is 0 Å². The SMILES string of the molecule is CC1(C)OB(c2cc(O)ccc2I)OC1(C)C. The molecule has 92 valence electrons. The van der Waals surface area contributed by atoms with E-state index in [1.807, 2.05) is 33.8 Å². The van der Waals surface area contributed by atoms with Gasteiger partial charge in [-0.3, -0.25) is 0 Å². The fraction of sp³-hybridized carbons (Fsp3) is 0.500. The molecule has 2 rings (SSSR count).